The molecule has 0 aliphatic rings. The standard InChI is InChI=1S/C19H33N3O2/c1-6-20-18(21-12-9-13-24-7-2)22-15-19(3,4)16-10-8-11-17(14-16)23-5/h8,10-11,14H,6-7,9,12-13,15H2,1-5H3,(H2,20,21,22). The van der Waals surface area contributed by atoms with Gasteiger partial charge in [-0.25, -0.2) is 0 Å². The van der Waals surface area contributed by atoms with Gasteiger partial charge in [0, 0.05) is 31.7 Å². The van der Waals surface area contributed by atoms with Crippen molar-refractivity contribution in [1.29, 1.82) is 0 Å². The Morgan fingerprint density at radius 3 is 2.67 bits per heavy atom. The van der Waals surface area contributed by atoms with Crippen molar-refractivity contribution in [2.75, 3.05) is 40.0 Å². The van der Waals surface area contributed by atoms with Crippen LogP contribution in [0.5, 0.6) is 5.75 Å². The molecule has 5 heteroatoms. The normalized spacial score (nSPS) is 12.1. The molecule has 0 spiro atoms. The fraction of sp³-hybridized carbons (Fsp3) is 0.632. The molecule has 1 aromatic carbocycles. The van der Waals surface area contributed by atoms with Gasteiger partial charge >= 0.3 is 0 Å². The van der Waals surface area contributed by atoms with Gasteiger partial charge < -0.3 is 20.1 Å². The van der Waals surface area contributed by atoms with Gasteiger partial charge in [0.25, 0.3) is 0 Å². The van der Waals surface area contributed by atoms with Crippen LogP contribution >= 0.6 is 0 Å². The van der Waals surface area contributed by atoms with Gasteiger partial charge in [0.2, 0.25) is 0 Å². The van der Waals surface area contributed by atoms with Gasteiger partial charge in [0.1, 0.15) is 5.75 Å². The highest BCUT2D eigenvalue weighted by Gasteiger charge is 2.21. The first kappa shape index (κ1) is 20.3. The number of hydrogen-bond acceptors (Lipinski definition) is 3. The minimum Gasteiger partial charge on any atom is -0.497 e. The number of nitrogens with zero attached hydrogens (tertiary/aromatic N) is 1. The number of nitrogens with one attached hydrogen (secondary N) is 2. The lowest BCUT2D eigenvalue weighted by molar-refractivity contribution is 0.145. The molecule has 0 amide bonds. The second-order valence-electron chi connectivity index (χ2n) is 6.29. The van der Waals surface area contributed by atoms with Crippen molar-refractivity contribution in [3.8, 4) is 5.75 Å². The molecular formula is C19H33N3O2. The van der Waals surface area contributed by atoms with Gasteiger partial charge in [-0.05, 0) is 38.0 Å². The molecule has 0 unspecified atom stereocenters. The molecule has 0 saturated heterocycles. The Morgan fingerprint density at radius 1 is 1.21 bits per heavy atom. The first-order valence-electron chi connectivity index (χ1n) is 8.78. The molecule has 0 saturated carbocycles. The van der Waals surface area contributed by atoms with E-state index in [1.807, 2.05) is 19.1 Å². The number of methoxy groups -OCH3 is 1. The van der Waals surface area contributed by atoms with Crippen LogP contribution in [0.2, 0.25) is 0 Å². The van der Waals surface area contributed by atoms with E-state index >= 15 is 0 Å². The third-order valence-electron chi connectivity index (χ3n) is 3.79. The SMILES string of the molecule is CCNC(=NCC(C)(C)c1cccc(OC)c1)NCCCOCC. The molecule has 0 fully saturated rings. The fourth-order valence-corrected chi connectivity index (χ4v) is 2.28. The predicted octanol–water partition coefficient (Wildman–Crippen LogP) is 2.95. The lowest BCUT2D eigenvalue weighted by atomic mass is 9.85. The average molecular weight is 335 g/mol. The van der Waals surface area contributed by atoms with Gasteiger partial charge in [0.15, 0.2) is 5.96 Å². The lowest BCUT2D eigenvalue weighted by Gasteiger charge is -2.24. The van der Waals surface area contributed by atoms with E-state index in [-0.39, 0.29) is 5.41 Å². The predicted molar refractivity (Wildman–Crippen MR) is 101 cm³/mol. The highest BCUT2D eigenvalue weighted by atomic mass is 16.5. The van der Waals surface area contributed by atoms with Crippen molar-refractivity contribution in [2.24, 2.45) is 4.99 Å². The van der Waals surface area contributed by atoms with E-state index in [0.717, 1.165) is 44.4 Å². The van der Waals surface area contributed by atoms with E-state index in [4.69, 9.17) is 14.5 Å². The van der Waals surface area contributed by atoms with E-state index in [1.54, 1.807) is 7.11 Å². The molecule has 1 rings (SSSR count). The maximum atomic E-state index is 5.36. The van der Waals surface area contributed by atoms with Gasteiger partial charge in [-0.15, -0.1) is 0 Å². The molecule has 2 N–H and O–H groups in total. The van der Waals surface area contributed by atoms with Gasteiger partial charge in [-0.1, -0.05) is 26.0 Å². The van der Waals surface area contributed by atoms with Crippen molar-refractivity contribution < 1.29 is 9.47 Å². The Bertz CT molecular complexity index is 501. The second kappa shape index (κ2) is 10.9. The summed E-state index contributed by atoms with van der Waals surface area (Å²) in [5.74, 6) is 1.73. The minimum absolute atomic E-state index is 0.0672. The summed E-state index contributed by atoms with van der Waals surface area (Å²) in [6, 6.07) is 8.20. The first-order chi connectivity index (χ1) is 11.5. The van der Waals surface area contributed by atoms with E-state index in [0.29, 0.717) is 6.54 Å². The van der Waals surface area contributed by atoms with Crippen molar-refractivity contribution in [1.82, 2.24) is 10.6 Å². The van der Waals surface area contributed by atoms with Crippen molar-refractivity contribution >= 4 is 5.96 Å². The van der Waals surface area contributed by atoms with Crippen LogP contribution in [-0.4, -0.2) is 45.9 Å². The third-order valence-corrected chi connectivity index (χ3v) is 3.79. The zero-order chi connectivity index (χ0) is 17.8. The number of benzene rings is 1. The number of aliphatic imine (C=N–C) groups is 1. The number of hydrogen-bond donors (Lipinski definition) is 2. The van der Waals surface area contributed by atoms with Crippen molar-refractivity contribution in [3.63, 3.8) is 0 Å². The summed E-state index contributed by atoms with van der Waals surface area (Å²) >= 11 is 0. The topological polar surface area (TPSA) is 54.9 Å². The quantitative estimate of drug-likeness (QED) is 0.392. The smallest absolute Gasteiger partial charge is 0.191 e. The van der Waals surface area contributed by atoms with Crippen LogP contribution in [0.3, 0.4) is 0 Å². The van der Waals surface area contributed by atoms with E-state index in [1.165, 1.54) is 5.56 Å². The molecule has 0 aliphatic carbocycles. The van der Waals surface area contributed by atoms with Gasteiger partial charge in [0.05, 0.1) is 13.7 Å². The van der Waals surface area contributed by atoms with Crippen LogP contribution in [-0.2, 0) is 10.2 Å². The largest absolute Gasteiger partial charge is 0.497 e. The van der Waals surface area contributed by atoms with Crippen LogP contribution in [0.15, 0.2) is 29.3 Å². The van der Waals surface area contributed by atoms with Crippen LogP contribution in [0, 0.1) is 0 Å². The highest BCUT2D eigenvalue weighted by Crippen LogP contribution is 2.26. The maximum Gasteiger partial charge on any atom is 0.191 e. The Labute approximate surface area is 146 Å². The molecule has 0 aliphatic heterocycles. The summed E-state index contributed by atoms with van der Waals surface area (Å²) in [7, 11) is 1.69. The van der Waals surface area contributed by atoms with Crippen molar-refractivity contribution in [3.05, 3.63) is 29.8 Å². The monoisotopic (exact) mass is 335 g/mol. The molecule has 24 heavy (non-hydrogen) atoms. The van der Waals surface area contributed by atoms with E-state index in [9.17, 15) is 0 Å². The summed E-state index contributed by atoms with van der Waals surface area (Å²) in [5.41, 5.74) is 1.15. The Balaban J connectivity index is 2.65. The van der Waals surface area contributed by atoms with Crippen LogP contribution in [0.4, 0.5) is 0 Å². The van der Waals surface area contributed by atoms with E-state index < -0.39 is 0 Å². The Morgan fingerprint density at radius 2 is 2.00 bits per heavy atom. The third kappa shape index (κ3) is 7.21. The number of ether oxygens (including phenoxy) is 2. The number of rotatable bonds is 10. The summed E-state index contributed by atoms with van der Waals surface area (Å²) in [5, 5.41) is 6.65. The fourth-order valence-electron chi connectivity index (χ4n) is 2.28. The Hall–Kier alpha value is -1.75. The molecule has 0 heterocycles. The average Bonchev–Trinajstić information content (AvgIpc) is 2.59. The molecule has 0 aromatic heterocycles. The van der Waals surface area contributed by atoms with Gasteiger partial charge in [-0.3, -0.25) is 4.99 Å². The lowest BCUT2D eigenvalue weighted by Crippen LogP contribution is -2.39. The molecule has 0 radical (unpaired) electrons. The highest BCUT2D eigenvalue weighted by molar-refractivity contribution is 5.79. The summed E-state index contributed by atoms with van der Waals surface area (Å²) in [6.45, 7) is 12.4. The molecule has 0 bridgehead atoms. The first-order valence-corrected chi connectivity index (χ1v) is 8.78. The van der Waals surface area contributed by atoms with Gasteiger partial charge in [-0.2, -0.15) is 0 Å². The summed E-state index contributed by atoms with van der Waals surface area (Å²) < 4.78 is 10.7. The minimum atomic E-state index is -0.0672. The molecule has 5 nitrogen and oxygen atoms in total. The molecule has 1 aromatic rings. The van der Waals surface area contributed by atoms with E-state index in [2.05, 4.69) is 43.5 Å². The maximum absolute atomic E-state index is 5.36. The molecule has 136 valence electrons. The zero-order valence-corrected chi connectivity index (χ0v) is 15.8. The van der Waals surface area contributed by atoms with Crippen molar-refractivity contribution in [2.45, 2.75) is 39.5 Å². The zero-order valence-electron chi connectivity index (χ0n) is 15.8. The molecule has 0 atom stereocenters. The van der Waals surface area contributed by atoms with Crippen LogP contribution < -0.4 is 15.4 Å². The summed E-state index contributed by atoms with van der Waals surface area (Å²) in [6.07, 6.45) is 0.970. The molecular weight excluding hydrogens is 302 g/mol. The van der Waals surface area contributed by atoms with Crippen LogP contribution in [0.1, 0.15) is 39.7 Å². The number of guanidine groups is 1. The second-order valence-corrected chi connectivity index (χ2v) is 6.29. The van der Waals surface area contributed by atoms with Crippen LogP contribution in [0.25, 0.3) is 0 Å². The Kier molecular flexibility index (Phi) is 9.23. The summed E-state index contributed by atoms with van der Waals surface area (Å²) in [4.78, 5) is 4.75.